The number of rotatable bonds is 3. The SMILES string of the molecule is C=CC1CC(=O)N(c2nc(-c3ccc(Br)s3)cs2)C1. The largest absolute Gasteiger partial charge is 0.287 e. The van der Waals surface area contributed by atoms with Crippen molar-refractivity contribution in [1.82, 2.24) is 4.98 Å². The van der Waals surface area contributed by atoms with Crippen molar-refractivity contribution in [2.75, 3.05) is 11.4 Å². The predicted molar refractivity (Wildman–Crippen MR) is 83.8 cm³/mol. The summed E-state index contributed by atoms with van der Waals surface area (Å²) < 4.78 is 1.08. The zero-order chi connectivity index (χ0) is 13.4. The maximum absolute atomic E-state index is 11.9. The molecule has 3 heterocycles. The second kappa shape index (κ2) is 5.19. The first-order valence-electron chi connectivity index (χ1n) is 5.81. The molecule has 0 N–H and O–H groups in total. The number of nitrogens with zero attached hydrogens (tertiary/aromatic N) is 2. The fourth-order valence-corrected chi connectivity index (χ4v) is 4.30. The van der Waals surface area contributed by atoms with E-state index in [4.69, 9.17) is 0 Å². The first kappa shape index (κ1) is 13.0. The Kier molecular flexibility index (Phi) is 3.56. The van der Waals surface area contributed by atoms with Gasteiger partial charge >= 0.3 is 0 Å². The van der Waals surface area contributed by atoms with E-state index in [1.165, 1.54) is 11.3 Å². The lowest BCUT2D eigenvalue weighted by Crippen LogP contribution is -2.24. The first-order chi connectivity index (χ1) is 9.17. The number of aromatic nitrogens is 1. The number of amides is 1. The van der Waals surface area contributed by atoms with Crippen LogP contribution in [0.25, 0.3) is 10.6 Å². The molecule has 1 atom stereocenters. The van der Waals surface area contributed by atoms with Crippen molar-refractivity contribution < 1.29 is 4.79 Å². The number of hydrogen-bond acceptors (Lipinski definition) is 4. The highest BCUT2D eigenvalue weighted by molar-refractivity contribution is 9.11. The Labute approximate surface area is 127 Å². The molecule has 1 fully saturated rings. The summed E-state index contributed by atoms with van der Waals surface area (Å²) in [5, 5.41) is 2.79. The van der Waals surface area contributed by atoms with E-state index in [1.807, 2.05) is 23.6 Å². The number of halogens is 1. The smallest absolute Gasteiger partial charge is 0.229 e. The third kappa shape index (κ3) is 2.52. The lowest BCUT2D eigenvalue weighted by Gasteiger charge is -2.11. The molecule has 3 nitrogen and oxygen atoms in total. The van der Waals surface area contributed by atoms with Gasteiger partial charge in [-0.1, -0.05) is 6.08 Å². The van der Waals surface area contributed by atoms with Crippen molar-refractivity contribution in [3.8, 4) is 10.6 Å². The fraction of sp³-hybridized carbons (Fsp3) is 0.231. The maximum atomic E-state index is 11.9. The number of carbonyl (C=O) groups excluding carboxylic acids is 1. The highest BCUT2D eigenvalue weighted by atomic mass is 79.9. The highest BCUT2D eigenvalue weighted by Crippen LogP contribution is 2.35. The van der Waals surface area contributed by atoms with Gasteiger partial charge in [-0.25, -0.2) is 4.98 Å². The van der Waals surface area contributed by atoms with E-state index in [1.54, 1.807) is 16.2 Å². The van der Waals surface area contributed by atoms with Crippen molar-refractivity contribution in [2.45, 2.75) is 6.42 Å². The maximum Gasteiger partial charge on any atom is 0.229 e. The van der Waals surface area contributed by atoms with Crippen LogP contribution in [0.1, 0.15) is 6.42 Å². The molecule has 0 bridgehead atoms. The number of carbonyl (C=O) groups is 1. The van der Waals surface area contributed by atoms with E-state index in [-0.39, 0.29) is 11.8 Å². The molecule has 1 saturated heterocycles. The van der Waals surface area contributed by atoms with E-state index >= 15 is 0 Å². The molecule has 1 aliphatic rings. The van der Waals surface area contributed by atoms with Gasteiger partial charge in [0.1, 0.15) is 0 Å². The van der Waals surface area contributed by atoms with Crippen LogP contribution < -0.4 is 4.90 Å². The zero-order valence-corrected chi connectivity index (χ0v) is 13.2. The molecule has 6 heteroatoms. The van der Waals surface area contributed by atoms with E-state index < -0.39 is 0 Å². The molecular weight excluding hydrogens is 344 g/mol. The summed E-state index contributed by atoms with van der Waals surface area (Å²) in [4.78, 5) is 19.4. The number of thiophene rings is 1. The lowest BCUT2D eigenvalue weighted by atomic mass is 10.1. The molecule has 2 aromatic heterocycles. The molecule has 0 saturated carbocycles. The van der Waals surface area contributed by atoms with E-state index in [0.717, 1.165) is 19.5 Å². The van der Waals surface area contributed by atoms with Crippen LogP contribution in [0.15, 0.2) is 34.0 Å². The molecule has 0 aliphatic carbocycles. The van der Waals surface area contributed by atoms with Crippen LogP contribution in [-0.4, -0.2) is 17.4 Å². The molecule has 1 aliphatic heterocycles. The van der Waals surface area contributed by atoms with Crippen LogP contribution in [0.4, 0.5) is 5.13 Å². The monoisotopic (exact) mass is 354 g/mol. The fourth-order valence-electron chi connectivity index (χ4n) is 2.03. The average molecular weight is 355 g/mol. The molecule has 0 radical (unpaired) electrons. The number of anilines is 1. The molecule has 19 heavy (non-hydrogen) atoms. The third-order valence-corrected chi connectivity index (χ3v) is 5.55. The normalized spacial score (nSPS) is 19.1. The second-order valence-corrected chi connectivity index (χ2v) is 7.62. The van der Waals surface area contributed by atoms with Crippen LogP contribution >= 0.6 is 38.6 Å². The van der Waals surface area contributed by atoms with Crippen molar-refractivity contribution in [1.29, 1.82) is 0 Å². The predicted octanol–water partition coefficient (Wildman–Crippen LogP) is 4.17. The van der Waals surface area contributed by atoms with Crippen molar-refractivity contribution in [2.24, 2.45) is 5.92 Å². The summed E-state index contributed by atoms with van der Waals surface area (Å²) in [5.74, 6) is 0.383. The molecule has 2 aromatic rings. The van der Waals surface area contributed by atoms with Gasteiger partial charge in [-0.15, -0.1) is 29.3 Å². The quantitative estimate of drug-likeness (QED) is 0.774. The minimum Gasteiger partial charge on any atom is -0.287 e. The average Bonchev–Trinajstić information content (AvgIpc) is 3.07. The Morgan fingerprint density at radius 1 is 1.53 bits per heavy atom. The van der Waals surface area contributed by atoms with Gasteiger partial charge in [0.05, 0.1) is 14.4 Å². The van der Waals surface area contributed by atoms with Crippen LogP contribution in [0.5, 0.6) is 0 Å². The van der Waals surface area contributed by atoms with Gasteiger partial charge in [-0.05, 0) is 28.1 Å². The topological polar surface area (TPSA) is 33.2 Å². The molecule has 1 amide bonds. The molecule has 1 unspecified atom stereocenters. The summed E-state index contributed by atoms with van der Waals surface area (Å²) in [6.45, 7) is 4.46. The van der Waals surface area contributed by atoms with Gasteiger partial charge in [0.15, 0.2) is 5.13 Å². The third-order valence-electron chi connectivity index (χ3n) is 3.04. The minimum absolute atomic E-state index is 0.137. The number of hydrogen-bond donors (Lipinski definition) is 0. The van der Waals surface area contributed by atoms with Gasteiger partial charge in [0.25, 0.3) is 0 Å². The van der Waals surface area contributed by atoms with Gasteiger partial charge < -0.3 is 0 Å². The van der Waals surface area contributed by atoms with Crippen LogP contribution in [0.2, 0.25) is 0 Å². The van der Waals surface area contributed by atoms with Gasteiger partial charge in [-0.3, -0.25) is 9.69 Å². The lowest BCUT2D eigenvalue weighted by molar-refractivity contribution is -0.117. The van der Waals surface area contributed by atoms with Crippen molar-refractivity contribution in [3.63, 3.8) is 0 Å². The minimum atomic E-state index is 0.137. The van der Waals surface area contributed by atoms with Crippen molar-refractivity contribution in [3.05, 3.63) is 34.0 Å². The van der Waals surface area contributed by atoms with Gasteiger partial charge in [-0.2, -0.15) is 0 Å². The summed E-state index contributed by atoms with van der Waals surface area (Å²) >= 11 is 6.61. The molecule has 0 spiro atoms. The molecule has 0 aromatic carbocycles. The second-order valence-electron chi connectivity index (χ2n) is 4.32. The highest BCUT2D eigenvalue weighted by Gasteiger charge is 2.30. The Morgan fingerprint density at radius 3 is 3.00 bits per heavy atom. The summed E-state index contributed by atoms with van der Waals surface area (Å²) in [5.41, 5.74) is 0.936. The van der Waals surface area contributed by atoms with Crippen LogP contribution in [0.3, 0.4) is 0 Å². The Morgan fingerprint density at radius 2 is 2.37 bits per heavy atom. The Bertz CT molecular complexity index is 634. The van der Waals surface area contributed by atoms with Gasteiger partial charge in [0.2, 0.25) is 5.91 Å². The van der Waals surface area contributed by atoms with E-state index in [9.17, 15) is 4.79 Å². The number of thiazole rings is 1. The standard InChI is InChI=1S/C13H11BrN2OS2/c1-2-8-5-12(17)16(6-8)13-15-9(7-18-13)10-3-4-11(14)19-10/h2-4,7-8H,1,5-6H2. The molecular formula is C13H11BrN2OS2. The summed E-state index contributed by atoms with van der Waals surface area (Å²) in [6, 6.07) is 4.04. The molecule has 98 valence electrons. The Balaban J connectivity index is 1.86. The van der Waals surface area contributed by atoms with Gasteiger partial charge in [0, 0.05) is 24.3 Å². The van der Waals surface area contributed by atoms with Crippen molar-refractivity contribution >= 4 is 49.6 Å². The van der Waals surface area contributed by atoms with E-state index in [0.29, 0.717) is 13.0 Å². The van der Waals surface area contributed by atoms with Crippen LogP contribution in [-0.2, 0) is 4.79 Å². The molecule has 3 rings (SSSR count). The van der Waals surface area contributed by atoms with Crippen LogP contribution in [0, 0.1) is 5.92 Å². The van der Waals surface area contributed by atoms with E-state index in [2.05, 4.69) is 27.5 Å². The summed E-state index contributed by atoms with van der Waals surface area (Å²) in [6.07, 6.45) is 2.39. The first-order valence-corrected chi connectivity index (χ1v) is 8.30. The Hall–Kier alpha value is -0.980. The summed E-state index contributed by atoms with van der Waals surface area (Å²) in [7, 11) is 0. The zero-order valence-electron chi connectivity index (χ0n) is 10.0.